The maximum absolute atomic E-state index is 13.3. The lowest BCUT2D eigenvalue weighted by atomic mass is 10.1. The zero-order valence-corrected chi connectivity index (χ0v) is 14.8. The molecule has 0 unspecified atom stereocenters. The number of hydrogen-bond donors (Lipinski definition) is 0. The molecule has 1 aromatic heterocycles. The van der Waals surface area contributed by atoms with Crippen LogP contribution in [0.2, 0.25) is 0 Å². The molecule has 0 N–H and O–H groups in total. The molecule has 2 aromatic carbocycles. The van der Waals surface area contributed by atoms with Crippen LogP contribution in [-0.4, -0.2) is 10.5 Å². The van der Waals surface area contributed by atoms with Crippen molar-refractivity contribution in [2.75, 3.05) is 0 Å². The first-order valence-corrected chi connectivity index (χ1v) is 8.76. The lowest BCUT2D eigenvalue weighted by Gasteiger charge is -2.04. The van der Waals surface area contributed by atoms with Crippen molar-refractivity contribution in [3.05, 3.63) is 63.7 Å². The van der Waals surface area contributed by atoms with Gasteiger partial charge in [0.25, 0.3) is 5.91 Å². The SMILES string of the molecule is CCCn1c(=NC(=O)c2cccc(F)c2)sc2c(C)cc(C)cc21. The summed E-state index contributed by atoms with van der Waals surface area (Å²) in [6.07, 6.45) is 0.945. The summed E-state index contributed by atoms with van der Waals surface area (Å²) < 4.78 is 16.6. The van der Waals surface area contributed by atoms with E-state index in [2.05, 4.69) is 42.5 Å². The number of benzene rings is 2. The Bertz CT molecular complexity index is 985. The first-order valence-electron chi connectivity index (χ1n) is 7.95. The van der Waals surface area contributed by atoms with Crippen LogP contribution in [0.3, 0.4) is 0 Å². The Kier molecular flexibility index (Phi) is 4.62. The highest BCUT2D eigenvalue weighted by Gasteiger charge is 2.11. The number of carbonyl (C=O) groups excluding carboxylic acids is 1. The average molecular weight is 342 g/mol. The molecule has 3 aromatic rings. The molecule has 0 aliphatic rings. The summed E-state index contributed by atoms with van der Waals surface area (Å²) in [6.45, 7) is 7.02. The number of hydrogen-bond acceptors (Lipinski definition) is 2. The Labute approximate surface area is 144 Å². The van der Waals surface area contributed by atoms with Gasteiger partial charge in [-0.2, -0.15) is 4.99 Å². The highest BCUT2D eigenvalue weighted by atomic mass is 32.1. The molecule has 124 valence electrons. The second kappa shape index (κ2) is 6.69. The van der Waals surface area contributed by atoms with Gasteiger partial charge in [-0.15, -0.1) is 0 Å². The van der Waals surface area contributed by atoms with Crippen LogP contribution < -0.4 is 4.80 Å². The molecule has 0 aliphatic carbocycles. The third-order valence-corrected chi connectivity index (χ3v) is 5.06. The number of nitrogens with zero attached hydrogens (tertiary/aromatic N) is 2. The molecule has 0 saturated heterocycles. The second-order valence-corrected chi connectivity index (χ2v) is 6.87. The third kappa shape index (κ3) is 3.17. The van der Waals surface area contributed by atoms with Crippen molar-refractivity contribution in [1.29, 1.82) is 0 Å². The fraction of sp³-hybridized carbons (Fsp3) is 0.263. The minimum absolute atomic E-state index is 0.267. The number of fused-ring (bicyclic) bond motifs is 1. The second-order valence-electron chi connectivity index (χ2n) is 5.89. The summed E-state index contributed by atoms with van der Waals surface area (Å²) in [6, 6.07) is 9.91. The van der Waals surface area contributed by atoms with Gasteiger partial charge in [-0.05, 0) is 55.7 Å². The topological polar surface area (TPSA) is 34.4 Å². The van der Waals surface area contributed by atoms with Crippen molar-refractivity contribution in [3.8, 4) is 0 Å². The van der Waals surface area contributed by atoms with Crippen molar-refractivity contribution in [1.82, 2.24) is 4.57 Å². The molecule has 0 saturated carbocycles. The summed E-state index contributed by atoms with van der Waals surface area (Å²) >= 11 is 1.51. The predicted octanol–water partition coefficient (Wildman–Crippen LogP) is 4.61. The zero-order valence-electron chi connectivity index (χ0n) is 14.0. The minimum atomic E-state index is -0.430. The molecule has 5 heteroatoms. The van der Waals surface area contributed by atoms with Gasteiger partial charge in [0.2, 0.25) is 0 Å². The van der Waals surface area contributed by atoms with E-state index in [-0.39, 0.29) is 5.56 Å². The number of carbonyl (C=O) groups is 1. The van der Waals surface area contributed by atoms with Crippen LogP contribution in [0, 0.1) is 19.7 Å². The molecule has 0 bridgehead atoms. The molecule has 24 heavy (non-hydrogen) atoms. The summed E-state index contributed by atoms with van der Waals surface area (Å²) in [4.78, 5) is 17.3. The van der Waals surface area contributed by atoms with E-state index in [4.69, 9.17) is 0 Å². The molecule has 0 fully saturated rings. The van der Waals surface area contributed by atoms with Crippen LogP contribution in [-0.2, 0) is 6.54 Å². The van der Waals surface area contributed by atoms with E-state index in [9.17, 15) is 9.18 Å². The fourth-order valence-electron chi connectivity index (χ4n) is 2.81. The summed E-state index contributed by atoms with van der Waals surface area (Å²) in [7, 11) is 0. The quantitative estimate of drug-likeness (QED) is 0.684. The lowest BCUT2D eigenvalue weighted by Crippen LogP contribution is -2.17. The number of aryl methyl sites for hydroxylation is 3. The standard InChI is InChI=1S/C19H19FN2OS/c1-4-8-22-16-10-12(2)9-13(3)17(16)24-19(22)21-18(23)14-6-5-7-15(20)11-14/h5-7,9-11H,4,8H2,1-3H3. The van der Waals surface area contributed by atoms with E-state index >= 15 is 0 Å². The average Bonchev–Trinajstić information content (AvgIpc) is 2.86. The molecule has 3 nitrogen and oxygen atoms in total. The van der Waals surface area contributed by atoms with Gasteiger partial charge in [0.1, 0.15) is 5.82 Å². The molecule has 0 aliphatic heterocycles. The van der Waals surface area contributed by atoms with Crippen LogP contribution in [0.5, 0.6) is 0 Å². The van der Waals surface area contributed by atoms with Crippen molar-refractivity contribution in [2.45, 2.75) is 33.7 Å². The van der Waals surface area contributed by atoms with Gasteiger partial charge < -0.3 is 4.57 Å². The number of amides is 1. The van der Waals surface area contributed by atoms with Gasteiger partial charge in [-0.3, -0.25) is 4.79 Å². The molecule has 0 spiro atoms. The number of halogens is 1. The monoisotopic (exact) mass is 342 g/mol. The molecule has 3 rings (SSSR count). The Morgan fingerprint density at radius 3 is 2.75 bits per heavy atom. The first-order chi connectivity index (χ1) is 11.5. The summed E-state index contributed by atoms with van der Waals surface area (Å²) in [5.41, 5.74) is 3.73. The smallest absolute Gasteiger partial charge is 0.279 e. The number of thiazole rings is 1. The molecule has 0 atom stereocenters. The number of aromatic nitrogens is 1. The van der Waals surface area contributed by atoms with Crippen LogP contribution in [0.15, 0.2) is 41.4 Å². The van der Waals surface area contributed by atoms with E-state index in [0.717, 1.165) is 23.2 Å². The molecule has 0 radical (unpaired) electrons. The highest BCUT2D eigenvalue weighted by Crippen LogP contribution is 2.23. The Balaban J connectivity index is 2.19. The van der Waals surface area contributed by atoms with E-state index in [0.29, 0.717) is 4.80 Å². The van der Waals surface area contributed by atoms with E-state index < -0.39 is 11.7 Å². The van der Waals surface area contributed by atoms with Gasteiger partial charge in [-0.1, -0.05) is 30.4 Å². The van der Waals surface area contributed by atoms with Gasteiger partial charge in [0, 0.05) is 12.1 Å². The largest absolute Gasteiger partial charge is 0.316 e. The number of rotatable bonds is 3. The molecule has 1 heterocycles. The van der Waals surface area contributed by atoms with Crippen molar-refractivity contribution < 1.29 is 9.18 Å². The van der Waals surface area contributed by atoms with Crippen LogP contribution >= 0.6 is 11.3 Å². The van der Waals surface area contributed by atoms with Crippen molar-refractivity contribution >= 4 is 27.5 Å². The summed E-state index contributed by atoms with van der Waals surface area (Å²) in [5.74, 6) is -0.847. The minimum Gasteiger partial charge on any atom is -0.316 e. The molecular weight excluding hydrogens is 323 g/mol. The van der Waals surface area contributed by atoms with Crippen LogP contribution in [0.4, 0.5) is 4.39 Å². The highest BCUT2D eigenvalue weighted by molar-refractivity contribution is 7.16. The van der Waals surface area contributed by atoms with Crippen LogP contribution in [0.25, 0.3) is 10.2 Å². The molecular formula is C19H19FN2OS. The van der Waals surface area contributed by atoms with Crippen molar-refractivity contribution in [3.63, 3.8) is 0 Å². The zero-order chi connectivity index (χ0) is 17.3. The van der Waals surface area contributed by atoms with Gasteiger partial charge in [0.15, 0.2) is 4.80 Å². The van der Waals surface area contributed by atoms with E-state index in [1.54, 1.807) is 6.07 Å². The first kappa shape index (κ1) is 16.6. The maximum atomic E-state index is 13.3. The van der Waals surface area contributed by atoms with Crippen molar-refractivity contribution in [2.24, 2.45) is 4.99 Å². The Hall–Kier alpha value is -2.27. The fourth-order valence-corrected chi connectivity index (χ4v) is 3.91. The van der Waals surface area contributed by atoms with Gasteiger partial charge in [-0.25, -0.2) is 4.39 Å². The Morgan fingerprint density at radius 2 is 2.04 bits per heavy atom. The maximum Gasteiger partial charge on any atom is 0.279 e. The van der Waals surface area contributed by atoms with Crippen LogP contribution in [0.1, 0.15) is 34.8 Å². The van der Waals surface area contributed by atoms with E-state index in [1.807, 2.05) is 0 Å². The Morgan fingerprint density at radius 1 is 1.25 bits per heavy atom. The molecule has 1 amide bonds. The normalized spacial score (nSPS) is 12.1. The lowest BCUT2D eigenvalue weighted by molar-refractivity contribution is 0.0997. The van der Waals surface area contributed by atoms with Gasteiger partial charge in [0.05, 0.1) is 10.2 Å². The predicted molar refractivity (Wildman–Crippen MR) is 95.9 cm³/mol. The third-order valence-electron chi connectivity index (χ3n) is 3.83. The van der Waals surface area contributed by atoms with Gasteiger partial charge >= 0.3 is 0 Å². The van der Waals surface area contributed by atoms with E-state index in [1.165, 1.54) is 40.7 Å². The summed E-state index contributed by atoms with van der Waals surface area (Å²) in [5, 5.41) is 0.